The van der Waals surface area contributed by atoms with Crippen molar-refractivity contribution in [2.45, 2.75) is 25.8 Å². The van der Waals surface area contributed by atoms with Crippen LogP contribution in [0, 0.1) is 6.92 Å². The molecule has 0 aromatic heterocycles. The van der Waals surface area contributed by atoms with E-state index in [-0.39, 0.29) is 12.5 Å². The molecule has 0 aliphatic heterocycles. The van der Waals surface area contributed by atoms with E-state index in [2.05, 4.69) is 10.1 Å². The highest BCUT2D eigenvalue weighted by Gasteiger charge is 2.23. The summed E-state index contributed by atoms with van der Waals surface area (Å²) in [5.74, 6) is -0.0356. The van der Waals surface area contributed by atoms with E-state index in [1.54, 1.807) is 18.2 Å². The van der Waals surface area contributed by atoms with E-state index in [1.807, 2.05) is 6.92 Å². The molecule has 1 N–H and O–H groups in total. The van der Waals surface area contributed by atoms with Crippen LogP contribution in [-0.2, 0) is 9.53 Å². The smallest absolute Gasteiger partial charge is 0.337 e. The number of aryl methyl sites for hydroxylation is 1. The number of nitrogens with one attached hydrogen (secondary N) is 1. The van der Waals surface area contributed by atoms with Crippen LogP contribution in [0.4, 0.5) is 0 Å². The maximum atomic E-state index is 11.5. The van der Waals surface area contributed by atoms with Crippen LogP contribution < -0.4 is 10.1 Å². The van der Waals surface area contributed by atoms with Crippen LogP contribution in [0.1, 0.15) is 28.8 Å². The third-order valence-corrected chi connectivity index (χ3v) is 2.91. The van der Waals surface area contributed by atoms with E-state index in [0.29, 0.717) is 17.4 Å². The van der Waals surface area contributed by atoms with E-state index < -0.39 is 5.97 Å². The Morgan fingerprint density at radius 2 is 2.11 bits per heavy atom. The molecule has 1 aliphatic carbocycles. The lowest BCUT2D eigenvalue weighted by Crippen LogP contribution is -2.30. The molecule has 0 atom stereocenters. The lowest BCUT2D eigenvalue weighted by Gasteiger charge is -2.10. The second-order valence-corrected chi connectivity index (χ2v) is 4.60. The predicted molar refractivity (Wildman–Crippen MR) is 69.2 cm³/mol. The van der Waals surface area contributed by atoms with Crippen LogP contribution in [-0.4, -0.2) is 31.6 Å². The van der Waals surface area contributed by atoms with Crippen molar-refractivity contribution in [2.75, 3.05) is 13.7 Å². The summed E-state index contributed by atoms with van der Waals surface area (Å²) in [6, 6.07) is 5.34. The standard InChI is InChI=1S/C14H17NO4/c1-9-3-4-10(14(17)18-2)7-12(9)19-8-13(16)15-11-5-6-11/h3-4,7,11H,5-6,8H2,1-2H3,(H,15,16). The van der Waals surface area contributed by atoms with Crippen molar-refractivity contribution < 1.29 is 19.1 Å². The third kappa shape index (κ3) is 3.71. The van der Waals surface area contributed by atoms with Gasteiger partial charge in [0.15, 0.2) is 6.61 Å². The molecule has 1 fully saturated rings. The van der Waals surface area contributed by atoms with Gasteiger partial charge in [0.05, 0.1) is 12.7 Å². The molecule has 0 heterocycles. The van der Waals surface area contributed by atoms with Crippen molar-refractivity contribution in [3.8, 4) is 5.75 Å². The zero-order chi connectivity index (χ0) is 13.8. The fraction of sp³-hybridized carbons (Fsp3) is 0.429. The van der Waals surface area contributed by atoms with Gasteiger partial charge < -0.3 is 14.8 Å². The molecule has 5 nitrogen and oxygen atoms in total. The largest absolute Gasteiger partial charge is 0.483 e. The molecule has 0 bridgehead atoms. The summed E-state index contributed by atoms with van der Waals surface area (Å²) >= 11 is 0. The molecule has 1 saturated carbocycles. The fourth-order valence-corrected chi connectivity index (χ4v) is 1.64. The monoisotopic (exact) mass is 263 g/mol. The summed E-state index contributed by atoms with van der Waals surface area (Å²) in [6.45, 7) is 1.82. The van der Waals surface area contributed by atoms with Crippen LogP contribution in [0.2, 0.25) is 0 Å². The molecule has 1 aliphatic rings. The highest BCUT2D eigenvalue weighted by atomic mass is 16.5. The number of ether oxygens (including phenoxy) is 2. The van der Waals surface area contributed by atoms with Crippen molar-refractivity contribution in [2.24, 2.45) is 0 Å². The summed E-state index contributed by atoms with van der Waals surface area (Å²) in [4.78, 5) is 22.9. The molecule has 2 rings (SSSR count). The van der Waals surface area contributed by atoms with Crippen LogP contribution in [0.5, 0.6) is 5.75 Å². The van der Waals surface area contributed by atoms with Gasteiger partial charge in [-0.3, -0.25) is 4.79 Å². The Balaban J connectivity index is 1.97. The number of benzene rings is 1. The first kappa shape index (κ1) is 13.4. The predicted octanol–water partition coefficient (Wildman–Crippen LogP) is 1.44. The Hall–Kier alpha value is -2.04. The van der Waals surface area contributed by atoms with Gasteiger partial charge in [-0.1, -0.05) is 6.07 Å². The molecule has 1 aromatic rings. The molecular formula is C14H17NO4. The Bertz CT molecular complexity index is 494. The topological polar surface area (TPSA) is 64.6 Å². The minimum Gasteiger partial charge on any atom is -0.483 e. The second-order valence-electron chi connectivity index (χ2n) is 4.60. The summed E-state index contributed by atoms with van der Waals surface area (Å²) in [6.07, 6.45) is 2.09. The molecule has 0 unspecified atom stereocenters. The van der Waals surface area contributed by atoms with Crippen molar-refractivity contribution >= 4 is 11.9 Å². The SMILES string of the molecule is COC(=O)c1ccc(C)c(OCC(=O)NC2CC2)c1. The highest BCUT2D eigenvalue weighted by Crippen LogP contribution is 2.21. The minimum atomic E-state index is -0.424. The second kappa shape index (κ2) is 5.73. The minimum absolute atomic E-state index is 0.0397. The van der Waals surface area contributed by atoms with Gasteiger partial charge in [0, 0.05) is 6.04 Å². The maximum Gasteiger partial charge on any atom is 0.337 e. The van der Waals surface area contributed by atoms with E-state index in [9.17, 15) is 9.59 Å². The first-order chi connectivity index (χ1) is 9.10. The van der Waals surface area contributed by atoms with Gasteiger partial charge in [-0.2, -0.15) is 0 Å². The van der Waals surface area contributed by atoms with E-state index in [0.717, 1.165) is 18.4 Å². The molecule has 5 heteroatoms. The number of amides is 1. The summed E-state index contributed by atoms with van der Waals surface area (Å²) in [5, 5.41) is 2.84. The van der Waals surface area contributed by atoms with Gasteiger partial charge in [0.25, 0.3) is 5.91 Å². The Labute approximate surface area is 111 Å². The Kier molecular flexibility index (Phi) is 4.04. The quantitative estimate of drug-likeness (QED) is 0.816. The molecule has 1 amide bonds. The molecule has 1 aromatic carbocycles. The molecular weight excluding hydrogens is 246 g/mol. The number of carbonyl (C=O) groups is 2. The normalized spacial score (nSPS) is 13.8. The Morgan fingerprint density at radius 1 is 1.37 bits per heavy atom. The number of rotatable bonds is 5. The lowest BCUT2D eigenvalue weighted by atomic mass is 10.1. The van der Waals surface area contributed by atoms with E-state index >= 15 is 0 Å². The number of methoxy groups -OCH3 is 1. The number of hydrogen-bond acceptors (Lipinski definition) is 4. The molecule has 102 valence electrons. The summed E-state index contributed by atoms with van der Waals surface area (Å²) < 4.78 is 10.1. The number of hydrogen-bond donors (Lipinski definition) is 1. The molecule has 0 radical (unpaired) electrons. The van der Waals surface area contributed by atoms with Crippen molar-refractivity contribution in [1.29, 1.82) is 0 Å². The van der Waals surface area contributed by atoms with Gasteiger partial charge in [-0.15, -0.1) is 0 Å². The van der Waals surface area contributed by atoms with Crippen molar-refractivity contribution in [3.05, 3.63) is 29.3 Å². The molecule has 0 saturated heterocycles. The number of carbonyl (C=O) groups excluding carboxylic acids is 2. The Morgan fingerprint density at radius 3 is 2.74 bits per heavy atom. The summed E-state index contributed by atoms with van der Waals surface area (Å²) in [7, 11) is 1.33. The highest BCUT2D eigenvalue weighted by molar-refractivity contribution is 5.90. The van der Waals surface area contributed by atoms with Gasteiger partial charge >= 0.3 is 5.97 Å². The van der Waals surface area contributed by atoms with Crippen LogP contribution >= 0.6 is 0 Å². The van der Waals surface area contributed by atoms with Crippen LogP contribution in [0.25, 0.3) is 0 Å². The summed E-state index contributed by atoms with van der Waals surface area (Å²) in [5.41, 5.74) is 1.28. The van der Waals surface area contributed by atoms with Gasteiger partial charge in [0.1, 0.15) is 5.75 Å². The van der Waals surface area contributed by atoms with Gasteiger partial charge in [-0.25, -0.2) is 4.79 Å². The van der Waals surface area contributed by atoms with Gasteiger partial charge in [0.2, 0.25) is 0 Å². The maximum absolute atomic E-state index is 11.5. The zero-order valence-electron chi connectivity index (χ0n) is 11.1. The van der Waals surface area contributed by atoms with Crippen molar-refractivity contribution in [1.82, 2.24) is 5.32 Å². The zero-order valence-corrected chi connectivity index (χ0v) is 11.1. The van der Waals surface area contributed by atoms with E-state index in [4.69, 9.17) is 4.74 Å². The number of esters is 1. The molecule has 0 spiro atoms. The first-order valence-corrected chi connectivity index (χ1v) is 6.21. The van der Waals surface area contributed by atoms with Crippen molar-refractivity contribution in [3.63, 3.8) is 0 Å². The molecule has 19 heavy (non-hydrogen) atoms. The third-order valence-electron chi connectivity index (χ3n) is 2.91. The van der Waals surface area contributed by atoms with Gasteiger partial charge in [-0.05, 0) is 37.5 Å². The van der Waals surface area contributed by atoms with E-state index in [1.165, 1.54) is 7.11 Å². The lowest BCUT2D eigenvalue weighted by molar-refractivity contribution is -0.123. The van der Waals surface area contributed by atoms with Crippen LogP contribution in [0.3, 0.4) is 0 Å². The average Bonchev–Trinajstić information content (AvgIpc) is 3.20. The first-order valence-electron chi connectivity index (χ1n) is 6.21. The average molecular weight is 263 g/mol. The van der Waals surface area contributed by atoms with Crippen LogP contribution in [0.15, 0.2) is 18.2 Å². The fourth-order valence-electron chi connectivity index (χ4n) is 1.64.